The lowest BCUT2D eigenvalue weighted by Crippen LogP contribution is -2.20. The number of benzene rings is 5. The molecule has 0 radical (unpaired) electrons. The largest absolute Gasteiger partial charge is 0.396 e. The highest BCUT2D eigenvalue weighted by Gasteiger charge is 2.41. The van der Waals surface area contributed by atoms with Crippen LogP contribution in [-0.2, 0) is 18.3 Å². The number of nitrogen functional groups attached to an aromatic ring is 1. The van der Waals surface area contributed by atoms with Crippen LogP contribution in [0.15, 0.2) is 132 Å². The molecular weight excluding hydrogens is 597 g/mol. The lowest BCUT2D eigenvalue weighted by atomic mass is 9.80. The van der Waals surface area contributed by atoms with Gasteiger partial charge in [-0.1, -0.05) is 123 Å². The van der Waals surface area contributed by atoms with Crippen molar-refractivity contribution in [2.24, 2.45) is 4.99 Å². The number of nitrogens with one attached hydrogen (secondary N) is 2. The molecule has 1 heterocycles. The highest BCUT2D eigenvalue weighted by Crippen LogP contribution is 2.57. The monoisotopic (exact) mass is 634 g/mol. The average molecular weight is 635 g/mol. The van der Waals surface area contributed by atoms with Crippen LogP contribution < -0.4 is 16.4 Å². The van der Waals surface area contributed by atoms with E-state index in [4.69, 9.17) is 10.7 Å². The van der Waals surface area contributed by atoms with Crippen molar-refractivity contribution in [2.45, 2.75) is 38.5 Å². The number of hydrogen-bond acceptors (Lipinski definition) is 3. The van der Waals surface area contributed by atoms with Crippen molar-refractivity contribution in [2.75, 3.05) is 11.1 Å². The van der Waals surface area contributed by atoms with Crippen LogP contribution in [0.4, 0.5) is 17.1 Å². The van der Waals surface area contributed by atoms with Gasteiger partial charge in [0.05, 0.1) is 11.4 Å². The molecular formula is C45H38N4. The van der Waals surface area contributed by atoms with Gasteiger partial charge in [0.2, 0.25) is 0 Å². The van der Waals surface area contributed by atoms with Crippen LogP contribution in [0.3, 0.4) is 0 Å². The molecule has 0 saturated carbocycles. The van der Waals surface area contributed by atoms with Gasteiger partial charge >= 0.3 is 0 Å². The van der Waals surface area contributed by atoms with E-state index in [9.17, 15) is 0 Å². The average Bonchev–Trinajstić information content (AvgIpc) is 3.20. The first kappa shape index (κ1) is 29.3. The van der Waals surface area contributed by atoms with E-state index in [1.807, 2.05) is 12.3 Å². The van der Waals surface area contributed by atoms with Crippen LogP contribution >= 0.6 is 0 Å². The summed E-state index contributed by atoms with van der Waals surface area (Å²) < 4.78 is 0. The summed E-state index contributed by atoms with van der Waals surface area (Å²) in [5.41, 5.74) is 25.5. The molecule has 0 atom stereocenters. The first-order valence-electron chi connectivity index (χ1n) is 17.2. The van der Waals surface area contributed by atoms with Gasteiger partial charge in [-0.3, -0.25) is 0 Å². The number of amidine groups is 1. The number of allylic oxidation sites excluding steroid dienone is 4. The molecule has 9 rings (SSSR count). The van der Waals surface area contributed by atoms with Crippen molar-refractivity contribution in [3.05, 3.63) is 166 Å². The zero-order valence-corrected chi connectivity index (χ0v) is 27.8. The van der Waals surface area contributed by atoms with Gasteiger partial charge < -0.3 is 16.4 Å². The molecule has 3 aliphatic carbocycles. The normalized spacial score (nSPS) is 17.6. The fourth-order valence-electron chi connectivity index (χ4n) is 8.04. The molecule has 0 aromatic heterocycles. The van der Waals surface area contributed by atoms with E-state index in [1.165, 1.54) is 55.6 Å². The third-order valence-electron chi connectivity index (χ3n) is 10.6. The second-order valence-electron chi connectivity index (χ2n) is 13.9. The fourth-order valence-corrected chi connectivity index (χ4v) is 8.04. The minimum Gasteiger partial charge on any atom is -0.396 e. The van der Waals surface area contributed by atoms with Gasteiger partial charge in [-0.2, -0.15) is 0 Å². The van der Waals surface area contributed by atoms with E-state index >= 15 is 0 Å². The first-order chi connectivity index (χ1) is 24.0. The van der Waals surface area contributed by atoms with Crippen molar-refractivity contribution < 1.29 is 0 Å². The summed E-state index contributed by atoms with van der Waals surface area (Å²) in [6.45, 7) is 4.73. The molecule has 0 unspecified atom stereocenters. The Morgan fingerprint density at radius 3 is 2.39 bits per heavy atom. The van der Waals surface area contributed by atoms with E-state index < -0.39 is 0 Å². The third kappa shape index (κ3) is 4.78. The van der Waals surface area contributed by atoms with Crippen LogP contribution in [0.5, 0.6) is 0 Å². The minimum absolute atomic E-state index is 0.148. The summed E-state index contributed by atoms with van der Waals surface area (Å²) in [5, 5.41) is 7.44. The van der Waals surface area contributed by atoms with E-state index in [1.54, 1.807) is 0 Å². The Balaban J connectivity index is 1.28. The zero-order valence-electron chi connectivity index (χ0n) is 27.8. The van der Waals surface area contributed by atoms with Crippen LogP contribution in [0.2, 0.25) is 0 Å². The van der Waals surface area contributed by atoms with Crippen LogP contribution in [0.1, 0.15) is 59.2 Å². The van der Waals surface area contributed by atoms with E-state index in [-0.39, 0.29) is 5.41 Å². The molecule has 0 spiro atoms. The minimum atomic E-state index is -0.148. The predicted molar refractivity (Wildman–Crippen MR) is 207 cm³/mol. The molecule has 0 bridgehead atoms. The number of rotatable bonds is 4. The molecule has 5 aromatic rings. The third-order valence-corrected chi connectivity index (χ3v) is 10.6. The molecule has 49 heavy (non-hydrogen) atoms. The molecule has 4 N–H and O–H groups in total. The summed E-state index contributed by atoms with van der Waals surface area (Å²) in [4.78, 5) is 5.30. The van der Waals surface area contributed by atoms with Gasteiger partial charge in [-0.15, -0.1) is 0 Å². The van der Waals surface area contributed by atoms with E-state index in [2.05, 4.69) is 146 Å². The first-order valence-corrected chi connectivity index (χ1v) is 17.2. The molecule has 4 nitrogen and oxygen atoms in total. The van der Waals surface area contributed by atoms with Crippen molar-refractivity contribution >= 4 is 40.6 Å². The second-order valence-corrected chi connectivity index (χ2v) is 13.9. The fraction of sp³-hybridized carbons (Fsp3) is 0.133. The standard InChI is InChI=1S/C45H38N4/c1-45(2)35-19-11-18-33-31-16-10-9-15-30(31)27-34(37-24-25-47-37)42-38(23-21-36(45)43(42)41(33)35)48-40(26-28-12-5-3-6-13-28)49-39-22-20-29-14-7-4-8-17-32(29)44(39)46/h3,5-25,47H,4,26-27,46H2,1-2H3,(H,48,49)/b37-34+. The number of nitrogens with zero attached hydrogens (tertiary/aromatic N) is 1. The van der Waals surface area contributed by atoms with Crippen molar-refractivity contribution in [3.63, 3.8) is 0 Å². The number of aliphatic imine (C=N–C) groups is 1. The van der Waals surface area contributed by atoms with Crippen LogP contribution in [-0.4, -0.2) is 5.84 Å². The Labute approximate surface area is 288 Å². The number of fused-ring (bicyclic) bond motifs is 3. The Morgan fingerprint density at radius 2 is 1.55 bits per heavy atom. The van der Waals surface area contributed by atoms with Gasteiger partial charge in [0.25, 0.3) is 0 Å². The summed E-state index contributed by atoms with van der Waals surface area (Å²) >= 11 is 0. The summed E-state index contributed by atoms with van der Waals surface area (Å²) in [6.07, 6.45) is 15.1. The van der Waals surface area contributed by atoms with Crippen molar-refractivity contribution in [1.29, 1.82) is 0 Å². The topological polar surface area (TPSA) is 62.4 Å². The van der Waals surface area contributed by atoms with Gasteiger partial charge in [0.15, 0.2) is 0 Å². The molecule has 0 saturated heterocycles. The predicted octanol–water partition coefficient (Wildman–Crippen LogP) is 10.4. The lowest BCUT2D eigenvalue weighted by Gasteiger charge is -2.28. The molecule has 0 amide bonds. The lowest BCUT2D eigenvalue weighted by molar-refractivity contribution is 0.660. The van der Waals surface area contributed by atoms with Crippen LogP contribution in [0.25, 0.3) is 40.0 Å². The van der Waals surface area contributed by atoms with Gasteiger partial charge in [-0.05, 0) is 80.3 Å². The van der Waals surface area contributed by atoms with Gasteiger partial charge in [0.1, 0.15) is 5.84 Å². The Morgan fingerprint density at radius 1 is 0.776 bits per heavy atom. The maximum Gasteiger partial charge on any atom is 0.111 e. The SMILES string of the molecule is CC1(C)c2cccc3c2-c2c1ccc(NC(Cc1ccccc1)=Nc1ccc4c(c1N)C=CCC=C4)c2/C(=C1\C=CN1)Cc1ccccc1-3. The van der Waals surface area contributed by atoms with Crippen molar-refractivity contribution in [3.8, 4) is 22.3 Å². The molecule has 238 valence electrons. The highest BCUT2D eigenvalue weighted by atomic mass is 15.0. The molecule has 1 aliphatic heterocycles. The highest BCUT2D eigenvalue weighted by molar-refractivity contribution is 6.08. The van der Waals surface area contributed by atoms with Gasteiger partial charge in [0, 0.05) is 47.0 Å². The van der Waals surface area contributed by atoms with E-state index in [0.29, 0.717) is 12.1 Å². The maximum absolute atomic E-state index is 6.86. The van der Waals surface area contributed by atoms with E-state index in [0.717, 1.165) is 46.9 Å². The Kier molecular flexibility index (Phi) is 6.80. The molecule has 4 aliphatic rings. The zero-order chi connectivity index (χ0) is 33.1. The Bertz CT molecular complexity index is 2330. The smallest absolute Gasteiger partial charge is 0.111 e. The van der Waals surface area contributed by atoms with Gasteiger partial charge in [-0.25, -0.2) is 4.99 Å². The molecule has 4 heteroatoms. The maximum atomic E-state index is 6.86. The Hall–Kier alpha value is -5.87. The number of hydrogen-bond donors (Lipinski definition) is 3. The summed E-state index contributed by atoms with van der Waals surface area (Å²) in [7, 11) is 0. The summed E-state index contributed by atoms with van der Waals surface area (Å²) in [5.74, 6) is 0.844. The second kappa shape index (κ2) is 11.4. The molecule has 5 aromatic carbocycles. The number of anilines is 2. The quantitative estimate of drug-likeness (QED) is 0.105. The number of nitrogens with two attached hydrogens (primary N) is 1. The van der Waals surface area contributed by atoms with Crippen LogP contribution in [0, 0.1) is 0 Å². The summed E-state index contributed by atoms with van der Waals surface area (Å²) in [6, 6.07) is 35.1. The molecule has 0 fully saturated rings. The van der Waals surface area contributed by atoms with Crippen molar-refractivity contribution in [1.82, 2.24) is 5.32 Å².